The minimum absolute atomic E-state index is 0.134. The van der Waals surface area contributed by atoms with Crippen LogP contribution in [-0.2, 0) is 0 Å². The molecule has 18 heavy (non-hydrogen) atoms. The average molecular weight is 283 g/mol. The van der Waals surface area contributed by atoms with Crippen molar-refractivity contribution in [3.05, 3.63) is 32.7 Å². The van der Waals surface area contributed by atoms with Crippen LogP contribution in [0.1, 0.15) is 29.2 Å². The molecule has 0 bridgehead atoms. The van der Waals surface area contributed by atoms with E-state index in [2.05, 4.69) is 22.2 Å². The number of anilines is 2. The van der Waals surface area contributed by atoms with Crippen molar-refractivity contribution in [1.82, 2.24) is 9.97 Å². The monoisotopic (exact) mass is 282 g/mol. The van der Waals surface area contributed by atoms with Crippen molar-refractivity contribution >= 4 is 34.6 Å². The molecular formula is C12H15ClN4S. The van der Waals surface area contributed by atoms with Crippen molar-refractivity contribution in [3.8, 4) is 0 Å². The van der Waals surface area contributed by atoms with Gasteiger partial charge in [-0.3, -0.25) is 0 Å². The van der Waals surface area contributed by atoms with Gasteiger partial charge in [-0.2, -0.15) is 0 Å². The molecule has 0 aliphatic rings. The molecule has 0 radical (unpaired) electrons. The fourth-order valence-electron chi connectivity index (χ4n) is 1.63. The van der Waals surface area contributed by atoms with E-state index in [0.717, 1.165) is 20.6 Å². The van der Waals surface area contributed by atoms with Gasteiger partial charge in [-0.25, -0.2) is 9.97 Å². The zero-order valence-electron chi connectivity index (χ0n) is 10.5. The highest BCUT2D eigenvalue weighted by Gasteiger charge is 2.12. The van der Waals surface area contributed by atoms with Crippen LogP contribution in [0.3, 0.4) is 0 Å². The Hall–Kier alpha value is -1.33. The summed E-state index contributed by atoms with van der Waals surface area (Å²) in [6.45, 7) is 5.80. The smallest absolute Gasteiger partial charge is 0.135 e. The number of nitrogens with zero attached hydrogens (tertiary/aromatic N) is 2. The highest BCUT2D eigenvalue weighted by molar-refractivity contribution is 7.16. The number of halogens is 1. The van der Waals surface area contributed by atoms with Crippen LogP contribution >= 0.6 is 22.9 Å². The maximum absolute atomic E-state index is 5.93. The second-order valence-corrected chi connectivity index (χ2v) is 5.88. The molecule has 0 fully saturated rings. The molecule has 1 unspecified atom stereocenters. The van der Waals surface area contributed by atoms with E-state index < -0.39 is 0 Å². The molecular weight excluding hydrogens is 268 g/mol. The number of nitrogens with two attached hydrogens (primary N) is 1. The third-order valence-electron chi connectivity index (χ3n) is 2.67. The average Bonchev–Trinajstić information content (AvgIpc) is 2.72. The third-order valence-corrected chi connectivity index (χ3v) is 4.08. The van der Waals surface area contributed by atoms with Gasteiger partial charge in [-0.05, 0) is 32.9 Å². The van der Waals surface area contributed by atoms with E-state index in [1.165, 1.54) is 0 Å². The molecule has 2 rings (SSSR count). The quantitative estimate of drug-likeness (QED) is 0.903. The SMILES string of the molecule is Cc1nc(N)c(C)c(NC(C)c2ccc(Cl)s2)n1. The lowest BCUT2D eigenvalue weighted by Gasteiger charge is -2.15. The second-order valence-electron chi connectivity index (χ2n) is 4.14. The first kappa shape index (κ1) is 13.1. The number of aryl methyl sites for hydroxylation is 1. The first-order valence-electron chi connectivity index (χ1n) is 5.60. The van der Waals surface area contributed by atoms with Crippen LogP contribution in [0.15, 0.2) is 12.1 Å². The van der Waals surface area contributed by atoms with E-state index in [9.17, 15) is 0 Å². The Morgan fingerprint density at radius 2 is 2.06 bits per heavy atom. The molecule has 4 nitrogen and oxygen atoms in total. The first-order chi connectivity index (χ1) is 8.47. The Bertz CT molecular complexity index is 567. The summed E-state index contributed by atoms with van der Waals surface area (Å²) in [6, 6.07) is 4.04. The molecule has 0 aliphatic heterocycles. The van der Waals surface area contributed by atoms with Gasteiger partial charge < -0.3 is 11.1 Å². The lowest BCUT2D eigenvalue weighted by atomic mass is 10.2. The number of hydrogen-bond donors (Lipinski definition) is 2. The Labute approximate surface area is 115 Å². The summed E-state index contributed by atoms with van der Waals surface area (Å²) in [6.07, 6.45) is 0. The molecule has 0 amide bonds. The van der Waals surface area contributed by atoms with Crippen LogP contribution in [0, 0.1) is 13.8 Å². The topological polar surface area (TPSA) is 63.8 Å². The van der Waals surface area contributed by atoms with Crippen molar-refractivity contribution < 1.29 is 0 Å². The second kappa shape index (κ2) is 5.12. The van der Waals surface area contributed by atoms with Crippen LogP contribution in [-0.4, -0.2) is 9.97 Å². The number of rotatable bonds is 3. The number of thiophene rings is 1. The Balaban J connectivity index is 2.24. The van der Waals surface area contributed by atoms with Crippen molar-refractivity contribution in [2.45, 2.75) is 26.8 Å². The molecule has 0 spiro atoms. The predicted molar refractivity (Wildman–Crippen MR) is 77.3 cm³/mol. The predicted octanol–water partition coefficient (Wildman–Crippen LogP) is 3.56. The van der Waals surface area contributed by atoms with Crippen LogP contribution in [0.5, 0.6) is 0 Å². The van der Waals surface area contributed by atoms with Gasteiger partial charge in [0.25, 0.3) is 0 Å². The van der Waals surface area contributed by atoms with Gasteiger partial charge in [0.1, 0.15) is 17.5 Å². The lowest BCUT2D eigenvalue weighted by Crippen LogP contribution is -2.11. The van der Waals surface area contributed by atoms with E-state index in [0.29, 0.717) is 11.6 Å². The van der Waals surface area contributed by atoms with E-state index in [-0.39, 0.29) is 6.04 Å². The maximum atomic E-state index is 5.93. The highest BCUT2D eigenvalue weighted by atomic mass is 35.5. The number of nitrogens with one attached hydrogen (secondary N) is 1. The van der Waals surface area contributed by atoms with Gasteiger partial charge in [0.2, 0.25) is 0 Å². The zero-order chi connectivity index (χ0) is 13.3. The molecule has 0 aliphatic carbocycles. The summed E-state index contributed by atoms with van der Waals surface area (Å²) in [5, 5.41) is 3.34. The fourth-order valence-corrected chi connectivity index (χ4v) is 2.69. The lowest BCUT2D eigenvalue weighted by molar-refractivity contribution is 0.882. The Kier molecular flexibility index (Phi) is 3.73. The minimum atomic E-state index is 0.134. The summed E-state index contributed by atoms with van der Waals surface area (Å²) in [5.41, 5.74) is 6.70. The maximum Gasteiger partial charge on any atom is 0.135 e. The van der Waals surface area contributed by atoms with Gasteiger partial charge in [0.15, 0.2) is 0 Å². The Morgan fingerprint density at radius 1 is 1.33 bits per heavy atom. The highest BCUT2D eigenvalue weighted by Crippen LogP contribution is 2.29. The molecule has 2 aromatic heterocycles. The molecule has 3 N–H and O–H groups in total. The minimum Gasteiger partial charge on any atom is -0.383 e. The van der Waals surface area contributed by atoms with Gasteiger partial charge in [-0.15, -0.1) is 11.3 Å². The Morgan fingerprint density at radius 3 is 2.67 bits per heavy atom. The van der Waals surface area contributed by atoms with Crippen molar-refractivity contribution in [2.75, 3.05) is 11.1 Å². The molecule has 0 saturated heterocycles. The van der Waals surface area contributed by atoms with Crippen LogP contribution in [0.4, 0.5) is 11.6 Å². The number of aromatic nitrogens is 2. The molecule has 0 saturated carbocycles. The van der Waals surface area contributed by atoms with Crippen LogP contribution in [0.25, 0.3) is 0 Å². The third kappa shape index (κ3) is 2.73. The van der Waals surface area contributed by atoms with E-state index >= 15 is 0 Å². The molecule has 6 heteroatoms. The van der Waals surface area contributed by atoms with E-state index in [1.807, 2.05) is 26.0 Å². The molecule has 96 valence electrons. The van der Waals surface area contributed by atoms with Crippen molar-refractivity contribution in [3.63, 3.8) is 0 Å². The van der Waals surface area contributed by atoms with Gasteiger partial charge in [0.05, 0.1) is 10.4 Å². The summed E-state index contributed by atoms with van der Waals surface area (Å²) in [5.74, 6) is 1.95. The van der Waals surface area contributed by atoms with Crippen LogP contribution < -0.4 is 11.1 Å². The number of hydrogen-bond acceptors (Lipinski definition) is 5. The molecule has 1 atom stereocenters. The fraction of sp³-hybridized carbons (Fsp3) is 0.333. The van der Waals surface area contributed by atoms with Gasteiger partial charge >= 0.3 is 0 Å². The normalized spacial score (nSPS) is 12.4. The summed E-state index contributed by atoms with van der Waals surface area (Å²) >= 11 is 7.49. The summed E-state index contributed by atoms with van der Waals surface area (Å²) in [7, 11) is 0. The molecule has 2 aromatic rings. The van der Waals surface area contributed by atoms with E-state index in [1.54, 1.807) is 11.3 Å². The van der Waals surface area contributed by atoms with E-state index in [4.69, 9.17) is 17.3 Å². The van der Waals surface area contributed by atoms with Crippen molar-refractivity contribution in [1.29, 1.82) is 0 Å². The zero-order valence-corrected chi connectivity index (χ0v) is 12.1. The number of nitrogen functional groups attached to an aromatic ring is 1. The standard InChI is InChI=1S/C12H15ClN4S/c1-6-11(14)16-8(3)17-12(6)15-7(2)9-4-5-10(13)18-9/h4-5,7H,1-3H3,(H3,14,15,16,17). The van der Waals surface area contributed by atoms with Crippen LogP contribution in [0.2, 0.25) is 4.34 Å². The largest absolute Gasteiger partial charge is 0.383 e. The molecule has 0 aromatic carbocycles. The summed E-state index contributed by atoms with van der Waals surface area (Å²) in [4.78, 5) is 9.66. The molecule has 2 heterocycles. The van der Waals surface area contributed by atoms with Gasteiger partial charge in [-0.1, -0.05) is 11.6 Å². The first-order valence-corrected chi connectivity index (χ1v) is 6.79. The summed E-state index contributed by atoms with van der Waals surface area (Å²) < 4.78 is 0.786. The van der Waals surface area contributed by atoms with Gasteiger partial charge in [0, 0.05) is 10.4 Å². The van der Waals surface area contributed by atoms with Crippen molar-refractivity contribution in [2.24, 2.45) is 0 Å².